The fraction of sp³-hybridized carbons (Fsp3) is 0.188. The van der Waals surface area contributed by atoms with E-state index in [1.165, 1.54) is 6.33 Å². The molecule has 0 radical (unpaired) electrons. The van der Waals surface area contributed by atoms with Gasteiger partial charge in [0.1, 0.15) is 24.1 Å². The van der Waals surface area contributed by atoms with E-state index >= 15 is 0 Å². The lowest BCUT2D eigenvalue weighted by atomic mass is 10.1. The second-order valence-corrected chi connectivity index (χ2v) is 5.02. The van der Waals surface area contributed by atoms with Crippen molar-refractivity contribution in [3.8, 4) is 5.75 Å². The molecule has 0 fully saturated rings. The largest absolute Gasteiger partial charge is 0.506 e. The molecule has 3 rings (SSSR count). The summed E-state index contributed by atoms with van der Waals surface area (Å²) < 4.78 is 1.77. The fourth-order valence-electron chi connectivity index (χ4n) is 2.23. The van der Waals surface area contributed by atoms with Crippen molar-refractivity contribution in [2.24, 2.45) is 0 Å². The highest BCUT2D eigenvalue weighted by atomic mass is 16.3. The van der Waals surface area contributed by atoms with Crippen LogP contribution in [0.15, 0.2) is 49.1 Å². The van der Waals surface area contributed by atoms with Crippen LogP contribution in [-0.2, 0) is 13.1 Å². The van der Waals surface area contributed by atoms with E-state index in [2.05, 4.69) is 20.4 Å². The van der Waals surface area contributed by atoms with Crippen molar-refractivity contribution in [2.45, 2.75) is 20.0 Å². The molecule has 2 N–H and O–H groups in total. The van der Waals surface area contributed by atoms with Gasteiger partial charge in [-0.25, -0.2) is 9.67 Å². The van der Waals surface area contributed by atoms with Crippen LogP contribution in [0.2, 0.25) is 0 Å². The van der Waals surface area contributed by atoms with Crippen LogP contribution in [0.4, 0.5) is 5.69 Å². The van der Waals surface area contributed by atoms with Gasteiger partial charge < -0.3 is 10.4 Å². The molecule has 0 saturated heterocycles. The van der Waals surface area contributed by atoms with Gasteiger partial charge in [0.05, 0.1) is 13.1 Å². The van der Waals surface area contributed by atoms with Gasteiger partial charge in [-0.3, -0.25) is 4.98 Å². The first-order valence-corrected chi connectivity index (χ1v) is 7.02. The molecule has 0 aliphatic heterocycles. The van der Waals surface area contributed by atoms with E-state index in [9.17, 15) is 5.11 Å². The molecular formula is C16H17N5O. The Labute approximate surface area is 128 Å². The summed E-state index contributed by atoms with van der Waals surface area (Å²) >= 11 is 0. The Morgan fingerprint density at radius 1 is 1.18 bits per heavy atom. The first kappa shape index (κ1) is 14.1. The quantitative estimate of drug-likeness (QED) is 0.755. The van der Waals surface area contributed by atoms with Crippen LogP contribution in [0.3, 0.4) is 0 Å². The highest BCUT2D eigenvalue weighted by molar-refractivity contribution is 5.51. The molecule has 2 heterocycles. The van der Waals surface area contributed by atoms with Crippen molar-refractivity contribution >= 4 is 5.69 Å². The van der Waals surface area contributed by atoms with Gasteiger partial charge in [0, 0.05) is 11.4 Å². The summed E-state index contributed by atoms with van der Waals surface area (Å²) in [5.74, 6) is 0.201. The Morgan fingerprint density at radius 2 is 2.05 bits per heavy atom. The molecule has 0 unspecified atom stereocenters. The van der Waals surface area contributed by atoms with Gasteiger partial charge in [-0.15, -0.1) is 0 Å². The predicted molar refractivity (Wildman–Crippen MR) is 83.5 cm³/mol. The third-order valence-corrected chi connectivity index (χ3v) is 3.35. The highest BCUT2D eigenvalue weighted by Crippen LogP contribution is 2.20. The number of pyridine rings is 1. The van der Waals surface area contributed by atoms with Crippen molar-refractivity contribution in [1.29, 1.82) is 0 Å². The summed E-state index contributed by atoms with van der Waals surface area (Å²) in [6, 6.07) is 11.4. The van der Waals surface area contributed by atoms with Crippen molar-refractivity contribution in [1.82, 2.24) is 19.7 Å². The Morgan fingerprint density at radius 3 is 2.86 bits per heavy atom. The maximum absolute atomic E-state index is 9.86. The number of aryl methyl sites for hydroxylation is 1. The molecule has 0 spiro atoms. The minimum Gasteiger partial charge on any atom is -0.506 e. The average Bonchev–Trinajstić information content (AvgIpc) is 3.02. The smallest absolute Gasteiger partial charge is 0.138 e. The van der Waals surface area contributed by atoms with E-state index in [0.29, 0.717) is 18.8 Å². The van der Waals surface area contributed by atoms with Crippen LogP contribution < -0.4 is 5.32 Å². The Hall–Kier alpha value is -2.89. The van der Waals surface area contributed by atoms with Gasteiger partial charge in [0.2, 0.25) is 0 Å². The van der Waals surface area contributed by atoms with Gasteiger partial charge >= 0.3 is 0 Å². The van der Waals surface area contributed by atoms with Crippen LogP contribution in [0.25, 0.3) is 0 Å². The molecule has 0 saturated carbocycles. The standard InChI is InChI=1S/C16H17N5O/c1-12-6-7-16(22)15(20-12)8-18-14-5-3-2-4-13(14)9-21-11-17-10-19-21/h2-7,10-11,18,22H,8-9H2,1H3. The number of hydrogen-bond donors (Lipinski definition) is 2. The van der Waals surface area contributed by atoms with Crippen LogP contribution >= 0.6 is 0 Å². The lowest BCUT2D eigenvalue weighted by Gasteiger charge is -2.12. The molecule has 6 heteroatoms. The number of para-hydroxylation sites is 1. The third-order valence-electron chi connectivity index (χ3n) is 3.35. The topological polar surface area (TPSA) is 75.9 Å². The SMILES string of the molecule is Cc1ccc(O)c(CNc2ccccc2Cn2cncn2)n1. The van der Waals surface area contributed by atoms with E-state index < -0.39 is 0 Å². The maximum Gasteiger partial charge on any atom is 0.138 e. The van der Waals surface area contributed by atoms with Crippen LogP contribution in [0, 0.1) is 6.92 Å². The van der Waals surface area contributed by atoms with Gasteiger partial charge in [0.15, 0.2) is 0 Å². The van der Waals surface area contributed by atoms with Crippen LogP contribution in [-0.4, -0.2) is 24.9 Å². The van der Waals surface area contributed by atoms with Gasteiger partial charge in [-0.05, 0) is 30.7 Å². The monoisotopic (exact) mass is 295 g/mol. The number of hydrogen-bond acceptors (Lipinski definition) is 5. The minimum absolute atomic E-state index is 0.201. The molecule has 0 atom stereocenters. The number of benzene rings is 1. The molecule has 0 aliphatic rings. The summed E-state index contributed by atoms with van der Waals surface area (Å²) in [7, 11) is 0. The fourth-order valence-corrected chi connectivity index (χ4v) is 2.23. The molecule has 0 aliphatic carbocycles. The number of aromatic hydroxyl groups is 1. The van der Waals surface area contributed by atoms with Gasteiger partial charge in [-0.2, -0.15) is 5.10 Å². The molecule has 112 valence electrons. The summed E-state index contributed by atoms with van der Waals surface area (Å²) in [6.07, 6.45) is 3.20. The summed E-state index contributed by atoms with van der Waals surface area (Å²) in [6.45, 7) is 3.00. The Balaban J connectivity index is 1.76. The van der Waals surface area contributed by atoms with E-state index in [1.807, 2.05) is 31.2 Å². The molecule has 22 heavy (non-hydrogen) atoms. The van der Waals surface area contributed by atoms with Gasteiger partial charge in [0.25, 0.3) is 0 Å². The van der Waals surface area contributed by atoms with E-state index in [1.54, 1.807) is 23.1 Å². The minimum atomic E-state index is 0.201. The van der Waals surface area contributed by atoms with Crippen molar-refractivity contribution in [2.75, 3.05) is 5.32 Å². The van der Waals surface area contributed by atoms with E-state index in [4.69, 9.17) is 0 Å². The zero-order chi connectivity index (χ0) is 15.4. The number of nitrogens with one attached hydrogen (secondary N) is 1. The van der Waals surface area contributed by atoms with Crippen molar-refractivity contribution in [3.63, 3.8) is 0 Å². The molecule has 0 amide bonds. The second-order valence-electron chi connectivity index (χ2n) is 5.02. The first-order valence-electron chi connectivity index (χ1n) is 7.02. The Bertz CT molecular complexity index is 755. The number of nitrogens with zero attached hydrogens (tertiary/aromatic N) is 4. The van der Waals surface area contributed by atoms with Crippen molar-refractivity contribution < 1.29 is 5.11 Å². The summed E-state index contributed by atoms with van der Waals surface area (Å²) in [5.41, 5.74) is 3.60. The lowest BCUT2D eigenvalue weighted by Crippen LogP contribution is -2.07. The molecular weight excluding hydrogens is 278 g/mol. The van der Waals surface area contributed by atoms with Crippen LogP contribution in [0.5, 0.6) is 5.75 Å². The highest BCUT2D eigenvalue weighted by Gasteiger charge is 2.06. The number of anilines is 1. The van der Waals surface area contributed by atoms with Crippen molar-refractivity contribution in [3.05, 3.63) is 66.0 Å². The van der Waals surface area contributed by atoms with Crippen LogP contribution in [0.1, 0.15) is 17.0 Å². The first-order chi connectivity index (χ1) is 10.7. The zero-order valence-corrected chi connectivity index (χ0v) is 12.3. The molecule has 2 aromatic heterocycles. The average molecular weight is 295 g/mol. The molecule has 3 aromatic rings. The van der Waals surface area contributed by atoms with Gasteiger partial charge in [-0.1, -0.05) is 18.2 Å². The number of aromatic nitrogens is 4. The van der Waals surface area contributed by atoms with E-state index in [-0.39, 0.29) is 5.75 Å². The third kappa shape index (κ3) is 3.22. The normalized spacial score (nSPS) is 10.6. The second kappa shape index (κ2) is 6.26. The predicted octanol–water partition coefficient (Wildman–Crippen LogP) is 2.35. The lowest BCUT2D eigenvalue weighted by molar-refractivity contribution is 0.464. The van der Waals surface area contributed by atoms with E-state index in [0.717, 1.165) is 16.9 Å². The zero-order valence-electron chi connectivity index (χ0n) is 12.3. The molecule has 0 bridgehead atoms. The number of rotatable bonds is 5. The molecule has 1 aromatic carbocycles. The maximum atomic E-state index is 9.86. The summed E-state index contributed by atoms with van der Waals surface area (Å²) in [4.78, 5) is 8.30. The summed E-state index contributed by atoms with van der Waals surface area (Å²) in [5, 5.41) is 17.3. The Kier molecular flexibility index (Phi) is 4.00. The molecule has 6 nitrogen and oxygen atoms in total.